The van der Waals surface area contributed by atoms with Crippen LogP contribution in [0.4, 0.5) is 0 Å². The Morgan fingerprint density at radius 1 is 1.21 bits per heavy atom. The minimum absolute atomic E-state index is 0.186. The standard InChI is InChI=1S/C21H20ClN3O4/c1-28-20(27)21(8-11-29-12-9-21)24-19(26)18-23-17(14-5-4-6-15(22)13-14)16-7-2-3-10-25(16)18/h2-7,10,13H,8-9,11-12H2,1H3,(H,24,26). The number of hydrogen-bond donors (Lipinski definition) is 1. The summed E-state index contributed by atoms with van der Waals surface area (Å²) in [6.45, 7) is 0.733. The molecule has 0 unspecified atom stereocenters. The van der Waals surface area contributed by atoms with Crippen LogP contribution in [0, 0.1) is 0 Å². The summed E-state index contributed by atoms with van der Waals surface area (Å²) in [4.78, 5) is 30.2. The van der Waals surface area contributed by atoms with Crippen LogP contribution >= 0.6 is 11.6 Å². The fourth-order valence-corrected chi connectivity index (χ4v) is 3.81. The van der Waals surface area contributed by atoms with E-state index in [-0.39, 0.29) is 5.82 Å². The largest absolute Gasteiger partial charge is 0.467 e. The van der Waals surface area contributed by atoms with Crippen molar-refractivity contribution < 1.29 is 19.1 Å². The number of amides is 1. The summed E-state index contributed by atoms with van der Waals surface area (Å²) in [5, 5.41) is 3.45. The Kier molecular flexibility index (Phi) is 5.25. The zero-order valence-electron chi connectivity index (χ0n) is 15.9. The molecule has 1 amide bonds. The van der Waals surface area contributed by atoms with Crippen LogP contribution in [0.3, 0.4) is 0 Å². The average Bonchev–Trinajstić information content (AvgIpc) is 3.14. The lowest BCUT2D eigenvalue weighted by Gasteiger charge is -2.34. The van der Waals surface area contributed by atoms with E-state index in [9.17, 15) is 9.59 Å². The van der Waals surface area contributed by atoms with Gasteiger partial charge in [0.05, 0.1) is 18.3 Å². The third-order valence-electron chi connectivity index (χ3n) is 5.12. The maximum Gasteiger partial charge on any atom is 0.331 e. The maximum atomic E-state index is 13.2. The number of methoxy groups -OCH3 is 1. The molecule has 3 heterocycles. The molecule has 0 saturated carbocycles. The minimum Gasteiger partial charge on any atom is -0.467 e. The van der Waals surface area contributed by atoms with Crippen LogP contribution in [-0.2, 0) is 14.3 Å². The van der Waals surface area contributed by atoms with Gasteiger partial charge in [0.1, 0.15) is 5.54 Å². The van der Waals surface area contributed by atoms with E-state index in [1.807, 2.05) is 30.3 Å². The van der Waals surface area contributed by atoms with Gasteiger partial charge in [-0.25, -0.2) is 9.78 Å². The third-order valence-corrected chi connectivity index (χ3v) is 5.36. The second-order valence-electron chi connectivity index (χ2n) is 6.89. The second kappa shape index (κ2) is 7.85. The lowest BCUT2D eigenvalue weighted by Crippen LogP contribution is -2.58. The highest BCUT2D eigenvalue weighted by Gasteiger charge is 2.43. The Balaban J connectivity index is 1.76. The number of fused-ring (bicyclic) bond motifs is 1. The number of nitrogens with zero attached hydrogens (tertiary/aromatic N) is 2. The number of imidazole rings is 1. The SMILES string of the molecule is COC(=O)C1(NC(=O)c2nc(-c3cccc(Cl)c3)c3ccccn23)CCOCC1. The number of pyridine rings is 1. The molecule has 29 heavy (non-hydrogen) atoms. The predicted molar refractivity (Wildman–Crippen MR) is 108 cm³/mol. The Labute approximate surface area is 172 Å². The second-order valence-corrected chi connectivity index (χ2v) is 7.33. The highest BCUT2D eigenvalue weighted by atomic mass is 35.5. The van der Waals surface area contributed by atoms with E-state index in [4.69, 9.17) is 21.1 Å². The van der Waals surface area contributed by atoms with E-state index in [0.717, 1.165) is 11.1 Å². The molecule has 1 saturated heterocycles. The van der Waals surface area contributed by atoms with Gasteiger partial charge in [-0.15, -0.1) is 0 Å². The van der Waals surface area contributed by atoms with Crippen LogP contribution in [-0.4, -0.2) is 47.1 Å². The fraction of sp³-hybridized carbons (Fsp3) is 0.286. The van der Waals surface area contributed by atoms with Gasteiger partial charge in [-0.1, -0.05) is 29.8 Å². The molecule has 1 N–H and O–H groups in total. The molecule has 150 valence electrons. The van der Waals surface area contributed by atoms with Gasteiger partial charge in [0.15, 0.2) is 0 Å². The molecule has 0 spiro atoms. The van der Waals surface area contributed by atoms with Gasteiger partial charge in [0.25, 0.3) is 5.91 Å². The first-order valence-electron chi connectivity index (χ1n) is 9.26. The van der Waals surface area contributed by atoms with Gasteiger partial charge in [-0.05, 0) is 24.3 Å². The van der Waals surface area contributed by atoms with Crippen LogP contribution in [0.25, 0.3) is 16.8 Å². The molecule has 3 aromatic rings. The molecule has 1 aliphatic rings. The minimum atomic E-state index is -1.12. The topological polar surface area (TPSA) is 81.9 Å². The lowest BCUT2D eigenvalue weighted by atomic mass is 9.90. The monoisotopic (exact) mass is 413 g/mol. The third kappa shape index (κ3) is 3.59. The summed E-state index contributed by atoms with van der Waals surface area (Å²) in [5.41, 5.74) is 1.08. The Hall–Kier alpha value is -2.90. The van der Waals surface area contributed by atoms with Crippen molar-refractivity contribution in [3.63, 3.8) is 0 Å². The van der Waals surface area contributed by atoms with Gasteiger partial charge in [-0.2, -0.15) is 0 Å². The highest BCUT2D eigenvalue weighted by Crippen LogP contribution is 2.28. The average molecular weight is 414 g/mol. The van der Waals surface area contributed by atoms with Crippen molar-refractivity contribution >= 4 is 29.0 Å². The Morgan fingerprint density at radius 2 is 2.00 bits per heavy atom. The van der Waals surface area contributed by atoms with Crippen molar-refractivity contribution in [1.29, 1.82) is 0 Å². The van der Waals surface area contributed by atoms with Gasteiger partial charge in [0.2, 0.25) is 5.82 Å². The molecule has 1 aliphatic heterocycles. The molecule has 1 aromatic carbocycles. The van der Waals surface area contributed by atoms with Crippen molar-refractivity contribution in [3.05, 3.63) is 59.5 Å². The molecule has 0 atom stereocenters. The molecule has 8 heteroatoms. The van der Waals surface area contributed by atoms with Gasteiger partial charge in [-0.3, -0.25) is 9.20 Å². The quantitative estimate of drug-likeness (QED) is 0.664. The van der Waals surface area contributed by atoms with Crippen molar-refractivity contribution in [1.82, 2.24) is 14.7 Å². The molecule has 0 radical (unpaired) electrons. The summed E-state index contributed by atoms with van der Waals surface area (Å²) < 4.78 is 12.0. The molecule has 7 nitrogen and oxygen atoms in total. The molecular weight excluding hydrogens is 394 g/mol. The summed E-state index contributed by atoms with van der Waals surface area (Å²) in [6, 6.07) is 12.9. The van der Waals surface area contributed by atoms with Crippen LogP contribution in [0.15, 0.2) is 48.7 Å². The van der Waals surface area contributed by atoms with E-state index >= 15 is 0 Å². The number of hydrogen-bond acceptors (Lipinski definition) is 5. The Morgan fingerprint density at radius 3 is 2.72 bits per heavy atom. The number of esters is 1. The molecule has 0 bridgehead atoms. The number of carbonyl (C=O) groups is 2. The number of carbonyl (C=O) groups excluding carboxylic acids is 2. The molecule has 2 aromatic heterocycles. The van der Waals surface area contributed by atoms with Crippen LogP contribution in [0.2, 0.25) is 5.02 Å². The number of ether oxygens (including phenoxy) is 2. The summed E-state index contributed by atoms with van der Waals surface area (Å²) in [7, 11) is 1.31. The first kappa shape index (κ1) is 19.4. The molecular formula is C21H20ClN3O4. The maximum absolute atomic E-state index is 13.2. The number of rotatable bonds is 4. The van der Waals surface area contributed by atoms with Crippen LogP contribution in [0.5, 0.6) is 0 Å². The van der Waals surface area contributed by atoms with Crippen LogP contribution in [0.1, 0.15) is 23.5 Å². The zero-order chi connectivity index (χ0) is 20.4. The van der Waals surface area contributed by atoms with Crippen molar-refractivity contribution in [2.45, 2.75) is 18.4 Å². The van der Waals surface area contributed by atoms with Crippen LogP contribution < -0.4 is 5.32 Å². The smallest absolute Gasteiger partial charge is 0.331 e. The Bertz CT molecular complexity index is 1070. The highest BCUT2D eigenvalue weighted by molar-refractivity contribution is 6.30. The predicted octanol–water partition coefficient (Wildman–Crippen LogP) is 3.11. The number of halogens is 1. The number of aromatic nitrogens is 2. The van der Waals surface area contributed by atoms with Crippen molar-refractivity contribution in [2.75, 3.05) is 20.3 Å². The normalized spacial score (nSPS) is 15.8. The van der Waals surface area contributed by atoms with E-state index in [1.165, 1.54) is 7.11 Å². The molecule has 4 rings (SSSR count). The number of nitrogens with one attached hydrogen (secondary N) is 1. The van der Waals surface area contributed by atoms with Gasteiger partial charge in [0, 0.05) is 42.8 Å². The summed E-state index contributed by atoms with van der Waals surface area (Å²) in [6.07, 6.45) is 2.45. The van der Waals surface area contributed by atoms with Gasteiger partial charge < -0.3 is 14.8 Å². The summed E-state index contributed by atoms with van der Waals surface area (Å²) in [5.74, 6) is -0.748. The number of benzene rings is 1. The van der Waals surface area contributed by atoms with E-state index in [1.54, 1.807) is 22.7 Å². The van der Waals surface area contributed by atoms with Crippen molar-refractivity contribution in [2.24, 2.45) is 0 Å². The summed E-state index contributed by atoms with van der Waals surface area (Å²) >= 11 is 6.14. The first-order chi connectivity index (χ1) is 14.0. The lowest BCUT2D eigenvalue weighted by molar-refractivity contribution is -0.152. The van der Waals surface area contributed by atoms with E-state index < -0.39 is 17.4 Å². The van der Waals surface area contributed by atoms with Crippen molar-refractivity contribution in [3.8, 4) is 11.3 Å². The zero-order valence-corrected chi connectivity index (χ0v) is 16.6. The fourth-order valence-electron chi connectivity index (χ4n) is 3.61. The van der Waals surface area contributed by atoms with E-state index in [0.29, 0.717) is 36.8 Å². The molecule has 1 fully saturated rings. The van der Waals surface area contributed by atoms with Gasteiger partial charge >= 0.3 is 5.97 Å². The first-order valence-corrected chi connectivity index (χ1v) is 9.63. The van der Waals surface area contributed by atoms with E-state index in [2.05, 4.69) is 10.3 Å². The molecule has 0 aliphatic carbocycles.